The summed E-state index contributed by atoms with van der Waals surface area (Å²) in [5.41, 5.74) is 1.15. The Morgan fingerprint density at radius 3 is 2.50 bits per heavy atom. The number of hydrogen-bond donors (Lipinski definition) is 1. The van der Waals surface area contributed by atoms with Gasteiger partial charge in [0.2, 0.25) is 5.89 Å². The topological polar surface area (TPSA) is 55.1 Å². The van der Waals surface area contributed by atoms with Crippen LogP contribution in [0.2, 0.25) is 10.0 Å². The highest BCUT2D eigenvalue weighted by atomic mass is 35.5. The summed E-state index contributed by atoms with van der Waals surface area (Å²) < 4.78 is 42.4. The molecule has 0 fully saturated rings. The third-order valence-corrected chi connectivity index (χ3v) is 3.81. The van der Waals surface area contributed by atoms with Crippen molar-refractivity contribution in [3.05, 3.63) is 46.4 Å². The number of carbonyl (C=O) groups excluding carboxylic acids is 1. The third-order valence-electron chi connectivity index (χ3n) is 3.07. The molecule has 124 valence electrons. The van der Waals surface area contributed by atoms with Crippen molar-refractivity contribution in [3.8, 4) is 11.5 Å². The molecule has 0 bridgehead atoms. The molecular formula is C15H7Cl2F3N2O2. The molecule has 1 heterocycles. The highest BCUT2D eigenvalue weighted by Crippen LogP contribution is 2.31. The van der Waals surface area contributed by atoms with Crippen molar-refractivity contribution in [2.45, 2.75) is 6.18 Å². The number of alkyl halides is 3. The molecule has 4 nitrogen and oxygen atoms in total. The second-order valence-electron chi connectivity index (χ2n) is 4.78. The molecule has 0 aliphatic rings. The van der Waals surface area contributed by atoms with E-state index in [4.69, 9.17) is 27.6 Å². The van der Waals surface area contributed by atoms with Gasteiger partial charge in [0.1, 0.15) is 5.52 Å². The van der Waals surface area contributed by atoms with Crippen molar-refractivity contribution in [2.75, 3.05) is 5.32 Å². The molecule has 0 aliphatic carbocycles. The molecule has 9 heteroatoms. The van der Waals surface area contributed by atoms with Gasteiger partial charge in [-0.15, -0.1) is 0 Å². The molecule has 3 aromatic rings. The molecule has 3 rings (SSSR count). The predicted octanol–water partition coefficient (Wildman–Crippen LogP) is 5.30. The van der Waals surface area contributed by atoms with Crippen LogP contribution in [0, 0.1) is 0 Å². The summed E-state index contributed by atoms with van der Waals surface area (Å²) in [6, 6.07) is 8.75. The lowest BCUT2D eigenvalue weighted by atomic mass is 10.2. The lowest BCUT2D eigenvalue weighted by Gasteiger charge is -2.07. The van der Waals surface area contributed by atoms with E-state index < -0.39 is 12.1 Å². The predicted molar refractivity (Wildman–Crippen MR) is 84.1 cm³/mol. The lowest BCUT2D eigenvalue weighted by molar-refractivity contribution is -0.167. The number of oxazole rings is 1. The van der Waals surface area contributed by atoms with E-state index in [1.165, 1.54) is 18.2 Å². The first-order valence-electron chi connectivity index (χ1n) is 6.48. The number of carbonyl (C=O) groups is 1. The molecule has 0 atom stereocenters. The lowest BCUT2D eigenvalue weighted by Crippen LogP contribution is -2.29. The Morgan fingerprint density at radius 1 is 1.08 bits per heavy atom. The molecule has 1 aromatic heterocycles. The van der Waals surface area contributed by atoms with Crippen molar-refractivity contribution >= 4 is 45.9 Å². The minimum atomic E-state index is -4.97. The quantitative estimate of drug-likeness (QED) is 0.661. The van der Waals surface area contributed by atoms with Gasteiger partial charge in [0.05, 0.1) is 10.0 Å². The average Bonchev–Trinajstić information content (AvgIpc) is 2.92. The van der Waals surface area contributed by atoms with Crippen LogP contribution in [0.25, 0.3) is 22.6 Å². The normalized spacial score (nSPS) is 11.7. The van der Waals surface area contributed by atoms with E-state index >= 15 is 0 Å². The minimum absolute atomic E-state index is 0.0428. The van der Waals surface area contributed by atoms with Crippen LogP contribution in [0.1, 0.15) is 0 Å². The number of amides is 1. The average molecular weight is 375 g/mol. The van der Waals surface area contributed by atoms with Crippen LogP contribution < -0.4 is 5.32 Å². The molecule has 0 spiro atoms. The molecule has 0 aliphatic heterocycles. The number of rotatable bonds is 2. The summed E-state index contributed by atoms with van der Waals surface area (Å²) in [5, 5.41) is 2.44. The van der Waals surface area contributed by atoms with Gasteiger partial charge in [0.15, 0.2) is 5.58 Å². The first kappa shape index (κ1) is 16.6. The van der Waals surface area contributed by atoms with Crippen LogP contribution in [0.15, 0.2) is 40.8 Å². The fourth-order valence-electron chi connectivity index (χ4n) is 1.96. The monoisotopic (exact) mass is 374 g/mol. The van der Waals surface area contributed by atoms with Crippen LogP contribution in [-0.2, 0) is 4.79 Å². The van der Waals surface area contributed by atoms with E-state index in [0.717, 1.165) is 0 Å². The number of halogens is 5. The Hall–Kier alpha value is -2.25. The SMILES string of the molecule is O=C(Nc1ccc2oc(-c3ccc(Cl)c(Cl)c3)nc2c1)C(F)(F)F. The zero-order valence-corrected chi connectivity index (χ0v) is 13.1. The van der Waals surface area contributed by atoms with Gasteiger partial charge in [-0.1, -0.05) is 23.2 Å². The van der Waals surface area contributed by atoms with Gasteiger partial charge in [0.25, 0.3) is 0 Å². The van der Waals surface area contributed by atoms with Crippen molar-refractivity contribution in [2.24, 2.45) is 0 Å². The number of hydrogen-bond acceptors (Lipinski definition) is 3. The largest absolute Gasteiger partial charge is 0.471 e. The number of nitrogens with zero attached hydrogens (tertiary/aromatic N) is 1. The zero-order chi connectivity index (χ0) is 17.5. The van der Waals surface area contributed by atoms with E-state index in [1.54, 1.807) is 23.5 Å². The van der Waals surface area contributed by atoms with Crippen molar-refractivity contribution in [1.82, 2.24) is 4.98 Å². The number of aromatic nitrogens is 1. The van der Waals surface area contributed by atoms with E-state index in [-0.39, 0.29) is 17.1 Å². The maximum absolute atomic E-state index is 12.3. The summed E-state index contributed by atoms with van der Waals surface area (Å²) >= 11 is 11.8. The van der Waals surface area contributed by atoms with Crippen LogP contribution in [0.3, 0.4) is 0 Å². The van der Waals surface area contributed by atoms with Crippen LogP contribution in [0.5, 0.6) is 0 Å². The van der Waals surface area contributed by atoms with Crippen LogP contribution in [-0.4, -0.2) is 17.1 Å². The molecule has 0 radical (unpaired) electrons. The fraction of sp³-hybridized carbons (Fsp3) is 0.0667. The molecular weight excluding hydrogens is 368 g/mol. The van der Waals surface area contributed by atoms with E-state index in [1.807, 2.05) is 0 Å². The second kappa shape index (κ2) is 5.99. The summed E-state index contributed by atoms with van der Waals surface area (Å²) in [4.78, 5) is 15.1. The first-order chi connectivity index (χ1) is 11.2. The maximum Gasteiger partial charge on any atom is 0.471 e. The van der Waals surface area contributed by atoms with Gasteiger partial charge in [0, 0.05) is 11.3 Å². The Bertz CT molecular complexity index is 938. The van der Waals surface area contributed by atoms with Gasteiger partial charge < -0.3 is 9.73 Å². The number of fused-ring (bicyclic) bond motifs is 1. The van der Waals surface area contributed by atoms with Crippen LogP contribution in [0.4, 0.5) is 18.9 Å². The summed E-state index contributed by atoms with van der Waals surface area (Å²) in [6.45, 7) is 0. The van der Waals surface area contributed by atoms with Gasteiger partial charge in [-0.2, -0.15) is 13.2 Å². The standard InChI is InChI=1S/C15H7Cl2F3N2O2/c16-9-3-1-7(5-10(9)17)13-22-11-6-8(2-4-12(11)24-13)21-14(23)15(18,19)20/h1-6H,(H,21,23). The first-order valence-corrected chi connectivity index (χ1v) is 7.24. The van der Waals surface area contributed by atoms with Crippen LogP contribution >= 0.6 is 23.2 Å². The summed E-state index contributed by atoms with van der Waals surface area (Å²) in [6.07, 6.45) is -4.97. The molecule has 0 saturated heterocycles. The molecule has 1 N–H and O–H groups in total. The summed E-state index contributed by atoms with van der Waals surface area (Å²) in [7, 11) is 0. The maximum atomic E-state index is 12.3. The Kier molecular flexibility index (Phi) is 4.15. The highest BCUT2D eigenvalue weighted by molar-refractivity contribution is 6.42. The Labute approximate surface area is 143 Å². The number of anilines is 1. The highest BCUT2D eigenvalue weighted by Gasteiger charge is 2.38. The second-order valence-corrected chi connectivity index (χ2v) is 5.60. The smallest absolute Gasteiger partial charge is 0.436 e. The fourth-order valence-corrected chi connectivity index (χ4v) is 2.26. The zero-order valence-electron chi connectivity index (χ0n) is 11.6. The van der Waals surface area contributed by atoms with Crippen molar-refractivity contribution in [3.63, 3.8) is 0 Å². The van der Waals surface area contributed by atoms with E-state index in [0.29, 0.717) is 21.2 Å². The van der Waals surface area contributed by atoms with E-state index in [2.05, 4.69) is 4.98 Å². The van der Waals surface area contributed by atoms with E-state index in [9.17, 15) is 18.0 Å². The molecule has 24 heavy (non-hydrogen) atoms. The number of benzene rings is 2. The Balaban J connectivity index is 1.94. The molecule has 0 unspecified atom stereocenters. The Morgan fingerprint density at radius 2 is 1.83 bits per heavy atom. The molecule has 0 saturated carbocycles. The molecule has 2 aromatic carbocycles. The van der Waals surface area contributed by atoms with Gasteiger partial charge in [-0.25, -0.2) is 4.98 Å². The van der Waals surface area contributed by atoms with Gasteiger partial charge in [-0.05, 0) is 36.4 Å². The minimum Gasteiger partial charge on any atom is -0.436 e. The van der Waals surface area contributed by atoms with Crippen molar-refractivity contribution < 1.29 is 22.4 Å². The number of nitrogens with one attached hydrogen (secondary N) is 1. The third kappa shape index (κ3) is 3.32. The van der Waals surface area contributed by atoms with Crippen molar-refractivity contribution in [1.29, 1.82) is 0 Å². The molecule has 1 amide bonds. The summed E-state index contributed by atoms with van der Waals surface area (Å²) in [5.74, 6) is -1.84. The van der Waals surface area contributed by atoms with Gasteiger partial charge in [-0.3, -0.25) is 4.79 Å². The van der Waals surface area contributed by atoms with Gasteiger partial charge >= 0.3 is 12.1 Å².